The molecule has 0 aliphatic carbocycles. The fourth-order valence-corrected chi connectivity index (χ4v) is 5.54. The number of hydrogen-bond acceptors (Lipinski definition) is 6. The third-order valence-electron chi connectivity index (χ3n) is 7.98. The molecule has 1 aromatic heterocycles. The molecule has 0 amide bonds. The first-order valence-electron chi connectivity index (χ1n) is 14.8. The van der Waals surface area contributed by atoms with Crippen LogP contribution in [0.25, 0.3) is 22.5 Å². The van der Waals surface area contributed by atoms with E-state index in [0.29, 0.717) is 41.6 Å². The molecule has 0 saturated heterocycles. The Morgan fingerprint density at radius 3 is 2.26 bits per heavy atom. The third-order valence-corrected chi connectivity index (χ3v) is 7.98. The van der Waals surface area contributed by atoms with Crippen molar-refractivity contribution in [1.29, 1.82) is 0 Å². The zero-order chi connectivity index (χ0) is 29.8. The zero-order valence-electron chi connectivity index (χ0n) is 24.9. The second kappa shape index (κ2) is 12.7. The van der Waals surface area contributed by atoms with E-state index in [9.17, 15) is 4.79 Å². The second-order valence-corrected chi connectivity index (χ2v) is 11.5. The molecular formula is C37H36N2O4. The summed E-state index contributed by atoms with van der Waals surface area (Å²) in [6.07, 6.45) is 1.71. The Balaban J connectivity index is 1.49. The summed E-state index contributed by atoms with van der Waals surface area (Å²) in [6.45, 7) is 6.90. The second-order valence-electron chi connectivity index (χ2n) is 11.5. The van der Waals surface area contributed by atoms with Gasteiger partial charge in [-0.25, -0.2) is 0 Å². The van der Waals surface area contributed by atoms with Gasteiger partial charge >= 0.3 is 0 Å². The van der Waals surface area contributed by atoms with E-state index in [1.54, 1.807) is 0 Å². The van der Waals surface area contributed by atoms with Crippen LogP contribution in [0.5, 0.6) is 11.5 Å². The van der Waals surface area contributed by atoms with Crippen LogP contribution in [0.4, 0.5) is 0 Å². The normalized spacial score (nSPS) is 13.1. The molecule has 218 valence electrons. The predicted octanol–water partition coefficient (Wildman–Crippen LogP) is 8.09. The van der Waals surface area contributed by atoms with Crippen LogP contribution < -0.4 is 9.47 Å². The predicted molar refractivity (Wildman–Crippen MR) is 168 cm³/mol. The van der Waals surface area contributed by atoms with Crippen molar-refractivity contribution in [3.05, 3.63) is 125 Å². The van der Waals surface area contributed by atoms with Crippen molar-refractivity contribution in [3.63, 3.8) is 0 Å². The molecule has 1 aliphatic heterocycles. The maximum atomic E-state index is 12.3. The summed E-state index contributed by atoms with van der Waals surface area (Å²) in [6, 6.07) is 30.6. The summed E-state index contributed by atoms with van der Waals surface area (Å²) >= 11 is 0. The van der Waals surface area contributed by atoms with Gasteiger partial charge in [-0.2, -0.15) is 0 Å². The van der Waals surface area contributed by atoms with Gasteiger partial charge in [-0.1, -0.05) is 97.9 Å². The van der Waals surface area contributed by atoms with Crippen LogP contribution in [-0.2, 0) is 26.2 Å². The Hall–Kier alpha value is -4.68. The van der Waals surface area contributed by atoms with Crippen molar-refractivity contribution < 1.29 is 18.8 Å². The lowest BCUT2D eigenvalue weighted by Crippen LogP contribution is -2.26. The minimum Gasteiger partial charge on any atom is -0.485 e. The minimum atomic E-state index is 0.207. The van der Waals surface area contributed by atoms with Gasteiger partial charge in [-0.15, -0.1) is 0 Å². The summed E-state index contributed by atoms with van der Waals surface area (Å²) in [7, 11) is 2.13. The quantitative estimate of drug-likeness (QED) is 0.158. The molecule has 6 nitrogen and oxygen atoms in total. The Morgan fingerprint density at radius 2 is 1.58 bits per heavy atom. The summed E-state index contributed by atoms with van der Waals surface area (Å²) in [5, 5.41) is 4.22. The maximum Gasteiger partial charge on any atom is 0.179 e. The first-order valence-corrected chi connectivity index (χ1v) is 14.8. The van der Waals surface area contributed by atoms with Crippen molar-refractivity contribution in [2.24, 2.45) is 0 Å². The molecule has 0 unspecified atom stereocenters. The average molecular weight is 573 g/mol. The highest BCUT2D eigenvalue weighted by molar-refractivity contribution is 5.94. The van der Waals surface area contributed by atoms with Crippen molar-refractivity contribution in [2.45, 2.75) is 45.9 Å². The fraction of sp³-hybridized carbons (Fsp3) is 0.243. The first kappa shape index (κ1) is 28.4. The Bertz CT molecular complexity index is 1710. The minimum absolute atomic E-state index is 0.207. The maximum absolute atomic E-state index is 12.3. The summed E-state index contributed by atoms with van der Waals surface area (Å²) in [5.41, 5.74) is 8.26. The van der Waals surface area contributed by atoms with Gasteiger partial charge in [-0.05, 0) is 64.9 Å². The number of likely N-dealkylation sites (N-methyl/N-ethyl adjacent to an activating group) is 1. The van der Waals surface area contributed by atoms with Gasteiger partial charge in [0.05, 0.1) is 11.1 Å². The van der Waals surface area contributed by atoms with Crippen LogP contribution in [0.3, 0.4) is 0 Å². The van der Waals surface area contributed by atoms with E-state index in [-0.39, 0.29) is 11.6 Å². The molecule has 0 radical (unpaired) electrons. The number of ether oxygens (including phenoxy) is 2. The molecule has 43 heavy (non-hydrogen) atoms. The molecule has 4 aromatic carbocycles. The van der Waals surface area contributed by atoms with Crippen molar-refractivity contribution >= 4 is 6.29 Å². The molecule has 6 heteroatoms. The van der Waals surface area contributed by atoms with Crippen LogP contribution >= 0.6 is 0 Å². The highest BCUT2D eigenvalue weighted by Crippen LogP contribution is 2.46. The molecule has 0 fully saturated rings. The number of carbonyl (C=O) groups is 1. The Kier molecular flexibility index (Phi) is 8.38. The molecule has 5 aromatic rings. The average Bonchev–Trinajstić information content (AvgIpc) is 3.47. The van der Waals surface area contributed by atoms with E-state index in [0.717, 1.165) is 48.1 Å². The number of fused-ring (bicyclic) bond motifs is 1. The molecule has 0 atom stereocenters. The van der Waals surface area contributed by atoms with Crippen molar-refractivity contribution in [1.82, 2.24) is 10.1 Å². The van der Waals surface area contributed by atoms with Gasteiger partial charge in [0, 0.05) is 13.1 Å². The van der Waals surface area contributed by atoms with Gasteiger partial charge in [0.1, 0.15) is 13.2 Å². The fourth-order valence-electron chi connectivity index (χ4n) is 5.54. The first-order chi connectivity index (χ1) is 21.0. The van der Waals surface area contributed by atoms with Crippen LogP contribution in [0.2, 0.25) is 0 Å². The molecule has 1 aliphatic rings. The lowest BCUT2D eigenvalue weighted by molar-refractivity contribution is 0.111. The monoisotopic (exact) mass is 572 g/mol. The molecule has 0 bridgehead atoms. The number of carbonyl (C=O) groups excluding carboxylic acids is 1. The highest BCUT2D eigenvalue weighted by atomic mass is 16.5. The molecule has 2 heterocycles. The van der Waals surface area contributed by atoms with E-state index in [1.807, 2.05) is 66.7 Å². The molecule has 0 spiro atoms. The van der Waals surface area contributed by atoms with Crippen LogP contribution in [-0.4, -0.2) is 29.9 Å². The van der Waals surface area contributed by atoms with E-state index >= 15 is 0 Å². The van der Waals surface area contributed by atoms with E-state index in [1.165, 1.54) is 11.1 Å². The topological polar surface area (TPSA) is 64.8 Å². The lowest BCUT2D eigenvalue weighted by atomic mass is 9.91. The Morgan fingerprint density at radius 1 is 0.884 bits per heavy atom. The number of hydrogen-bond donors (Lipinski definition) is 0. The molecule has 0 saturated carbocycles. The van der Waals surface area contributed by atoms with E-state index in [2.05, 4.69) is 55.2 Å². The lowest BCUT2D eigenvalue weighted by Gasteiger charge is -2.25. The van der Waals surface area contributed by atoms with E-state index in [4.69, 9.17) is 14.0 Å². The Labute approximate surface area is 252 Å². The summed E-state index contributed by atoms with van der Waals surface area (Å²) in [5.74, 6) is 1.87. The van der Waals surface area contributed by atoms with Gasteiger partial charge in [-0.3, -0.25) is 4.79 Å². The number of rotatable bonds is 10. The van der Waals surface area contributed by atoms with Crippen LogP contribution in [0.15, 0.2) is 95.5 Å². The molecule has 6 rings (SSSR count). The number of aldehydes is 1. The van der Waals surface area contributed by atoms with Gasteiger partial charge in [0.2, 0.25) is 0 Å². The van der Waals surface area contributed by atoms with E-state index < -0.39 is 0 Å². The molecular weight excluding hydrogens is 536 g/mol. The third kappa shape index (κ3) is 6.25. The summed E-state index contributed by atoms with van der Waals surface area (Å²) < 4.78 is 19.0. The van der Waals surface area contributed by atoms with Crippen molar-refractivity contribution in [3.8, 4) is 33.9 Å². The molecule has 0 N–H and O–H groups in total. The van der Waals surface area contributed by atoms with Crippen molar-refractivity contribution in [2.75, 3.05) is 13.6 Å². The van der Waals surface area contributed by atoms with Gasteiger partial charge in [0.25, 0.3) is 0 Å². The van der Waals surface area contributed by atoms with Crippen LogP contribution in [0.1, 0.15) is 58.1 Å². The highest BCUT2D eigenvalue weighted by Gasteiger charge is 2.27. The standard InChI is InChI=1S/C37H36N2O4/c1-25(2)31-19-32(37-35(33(22-40)38-43-37)29-14-15-30-21-39(3)17-16-28(30)18-29)36(42-24-27-12-8-5-9-13-27)34(20-31)41-23-26-10-6-4-7-11-26/h4-15,18-20,22,25H,16-17,21,23-24H2,1-3H3. The zero-order valence-corrected chi connectivity index (χ0v) is 24.9. The van der Waals surface area contributed by atoms with Gasteiger partial charge < -0.3 is 18.9 Å². The largest absolute Gasteiger partial charge is 0.485 e. The van der Waals surface area contributed by atoms with Gasteiger partial charge in [0.15, 0.2) is 29.2 Å². The number of nitrogens with zero attached hydrogens (tertiary/aromatic N) is 2. The SMILES string of the molecule is CC(C)c1cc(OCc2ccccc2)c(OCc2ccccc2)c(-c2onc(C=O)c2-c2ccc3c(c2)CCN(C)C3)c1. The van der Waals surface area contributed by atoms with Crippen LogP contribution in [0, 0.1) is 0 Å². The smallest absolute Gasteiger partial charge is 0.179 e. The number of benzene rings is 4. The number of aromatic nitrogens is 1. The summed E-state index contributed by atoms with van der Waals surface area (Å²) in [4.78, 5) is 14.6.